The Labute approximate surface area is 264 Å². The average Bonchev–Trinajstić information content (AvgIpc) is 3.81. The number of carbonyl (C=O) groups is 1. The van der Waals surface area contributed by atoms with Crippen molar-refractivity contribution in [1.82, 2.24) is 24.4 Å². The molecule has 0 bridgehead atoms. The Morgan fingerprint density at radius 2 is 1.63 bits per heavy atom. The van der Waals surface area contributed by atoms with Crippen molar-refractivity contribution >= 4 is 28.8 Å². The molecule has 1 saturated carbocycles. The van der Waals surface area contributed by atoms with Gasteiger partial charge < -0.3 is 29.9 Å². The summed E-state index contributed by atoms with van der Waals surface area (Å²) in [6, 6.07) is 18.1. The normalized spacial score (nSPS) is 21.8. The molecule has 2 aromatic carbocycles. The molecular formula is C33H38F3N7O3. The number of aliphatic hydroxyl groups excluding tert-OH is 2. The number of benzene rings is 2. The lowest BCUT2D eigenvalue weighted by molar-refractivity contribution is -0.190. The quantitative estimate of drug-likeness (QED) is 0.233. The highest BCUT2D eigenvalue weighted by Crippen LogP contribution is 2.38. The maximum absolute atomic E-state index is 13.5. The number of halogens is 3. The molecule has 2 aromatic heterocycles. The summed E-state index contributed by atoms with van der Waals surface area (Å²) >= 11 is 0. The Bertz CT molecular complexity index is 1590. The number of amides is 1. The molecule has 2 aliphatic rings. The van der Waals surface area contributed by atoms with Crippen LogP contribution in [0.1, 0.15) is 55.7 Å². The molecule has 1 saturated heterocycles. The van der Waals surface area contributed by atoms with Crippen LogP contribution in [0.25, 0.3) is 11.2 Å². The van der Waals surface area contributed by atoms with Crippen LogP contribution in [0.3, 0.4) is 0 Å². The Morgan fingerprint density at radius 3 is 2.22 bits per heavy atom. The molecule has 2 fully saturated rings. The second-order valence-electron chi connectivity index (χ2n) is 12.0. The van der Waals surface area contributed by atoms with E-state index in [0.717, 1.165) is 37.1 Å². The largest absolute Gasteiger partial charge is 0.471 e. The number of hydrogen-bond donors (Lipinski definition) is 3. The molecule has 6 rings (SSSR count). The van der Waals surface area contributed by atoms with Gasteiger partial charge in [-0.1, -0.05) is 67.6 Å². The second-order valence-corrected chi connectivity index (χ2v) is 12.0. The van der Waals surface area contributed by atoms with Gasteiger partial charge in [0, 0.05) is 32.1 Å². The second kappa shape index (κ2) is 13.2. The van der Waals surface area contributed by atoms with Crippen LogP contribution in [0, 0.1) is 0 Å². The van der Waals surface area contributed by atoms with Crippen LogP contribution in [0.15, 0.2) is 67.0 Å². The Hall–Kier alpha value is -4.23. The summed E-state index contributed by atoms with van der Waals surface area (Å²) < 4.78 is 42.0. The molecule has 3 N–H and O–H groups in total. The molecule has 0 spiro atoms. The van der Waals surface area contributed by atoms with Gasteiger partial charge in [0.15, 0.2) is 17.0 Å². The van der Waals surface area contributed by atoms with E-state index in [0.29, 0.717) is 34.4 Å². The predicted molar refractivity (Wildman–Crippen MR) is 168 cm³/mol. The van der Waals surface area contributed by atoms with Crippen molar-refractivity contribution in [1.29, 1.82) is 0 Å². The number of nitrogens with one attached hydrogen (secondary N) is 1. The standard InChI is InChI=1S/C33H38F3N7O3/c1-2-15-42(31(46)33(34,35)36)24-18-25(28(45)27(24)44)43-20-38-26-29(39-32(40-30(26)43)41-16-9-10-17-41)37-19-23(21-11-5-3-6-12-21)22-13-7-4-8-14-22/h3-8,11-14,20,23-25,27-28,44-45H,2,9-10,15-19H2,1H3,(H,37,39,40)/t24-,25+,27+,28-/m0/s1. The third kappa shape index (κ3) is 6.25. The molecule has 1 aliphatic heterocycles. The summed E-state index contributed by atoms with van der Waals surface area (Å²) in [6.07, 6.45) is -4.54. The fourth-order valence-electron chi connectivity index (χ4n) is 6.72. The van der Waals surface area contributed by atoms with Gasteiger partial charge in [-0.05, 0) is 36.8 Å². The maximum Gasteiger partial charge on any atom is 0.471 e. The predicted octanol–water partition coefficient (Wildman–Crippen LogP) is 4.51. The number of nitrogens with zero attached hydrogens (tertiary/aromatic N) is 6. The molecule has 4 aromatic rings. The van der Waals surface area contributed by atoms with E-state index in [-0.39, 0.29) is 25.3 Å². The van der Waals surface area contributed by atoms with Gasteiger partial charge in [-0.25, -0.2) is 4.98 Å². The van der Waals surface area contributed by atoms with Gasteiger partial charge in [-0.3, -0.25) is 4.79 Å². The van der Waals surface area contributed by atoms with Gasteiger partial charge >= 0.3 is 12.1 Å². The van der Waals surface area contributed by atoms with Crippen molar-refractivity contribution in [2.24, 2.45) is 0 Å². The van der Waals surface area contributed by atoms with E-state index in [9.17, 15) is 28.2 Å². The lowest BCUT2D eigenvalue weighted by Crippen LogP contribution is -2.51. The van der Waals surface area contributed by atoms with Crippen LogP contribution in [0.2, 0.25) is 0 Å². The van der Waals surface area contributed by atoms with E-state index in [1.54, 1.807) is 11.5 Å². The van der Waals surface area contributed by atoms with Crippen LogP contribution in [0.4, 0.5) is 24.9 Å². The van der Waals surface area contributed by atoms with Gasteiger partial charge in [-0.2, -0.15) is 23.1 Å². The number of aromatic nitrogens is 4. The van der Waals surface area contributed by atoms with Crippen molar-refractivity contribution in [3.63, 3.8) is 0 Å². The fourth-order valence-corrected chi connectivity index (χ4v) is 6.72. The lowest BCUT2D eigenvalue weighted by atomic mass is 9.91. The van der Waals surface area contributed by atoms with Gasteiger partial charge in [0.25, 0.3) is 0 Å². The third-order valence-corrected chi connectivity index (χ3v) is 9.02. The topological polar surface area (TPSA) is 120 Å². The van der Waals surface area contributed by atoms with Crippen molar-refractivity contribution < 1.29 is 28.2 Å². The highest BCUT2D eigenvalue weighted by molar-refractivity contribution is 5.85. The molecule has 0 unspecified atom stereocenters. The Morgan fingerprint density at radius 1 is 1.00 bits per heavy atom. The number of carbonyl (C=O) groups excluding carboxylic acids is 1. The molecule has 0 radical (unpaired) electrons. The van der Waals surface area contributed by atoms with Gasteiger partial charge in [0.2, 0.25) is 5.95 Å². The zero-order valence-corrected chi connectivity index (χ0v) is 25.5. The Kier molecular flexibility index (Phi) is 9.14. The summed E-state index contributed by atoms with van der Waals surface area (Å²) in [5.74, 6) is -1.06. The molecule has 244 valence electrons. The molecule has 4 atom stereocenters. The monoisotopic (exact) mass is 637 g/mol. The number of anilines is 2. The van der Waals surface area contributed by atoms with Crippen LogP contribution in [-0.2, 0) is 4.79 Å². The number of aliphatic hydroxyl groups is 2. The van der Waals surface area contributed by atoms with Gasteiger partial charge in [0.05, 0.1) is 18.4 Å². The van der Waals surface area contributed by atoms with Crippen molar-refractivity contribution in [3.05, 3.63) is 78.1 Å². The smallest absolute Gasteiger partial charge is 0.388 e. The number of imidazole rings is 1. The number of rotatable bonds is 10. The van der Waals surface area contributed by atoms with E-state index in [1.807, 2.05) is 36.4 Å². The van der Waals surface area contributed by atoms with E-state index < -0.39 is 36.4 Å². The van der Waals surface area contributed by atoms with Crippen molar-refractivity contribution in [2.75, 3.05) is 36.4 Å². The minimum Gasteiger partial charge on any atom is -0.388 e. The van der Waals surface area contributed by atoms with Crippen LogP contribution < -0.4 is 10.2 Å². The van der Waals surface area contributed by atoms with Gasteiger partial charge in [-0.15, -0.1) is 0 Å². The van der Waals surface area contributed by atoms with Gasteiger partial charge in [0.1, 0.15) is 12.2 Å². The van der Waals surface area contributed by atoms with E-state index in [1.165, 1.54) is 6.33 Å². The molecule has 10 nitrogen and oxygen atoms in total. The first-order chi connectivity index (χ1) is 22.2. The summed E-state index contributed by atoms with van der Waals surface area (Å²) in [6.45, 7) is 3.48. The maximum atomic E-state index is 13.5. The Balaban J connectivity index is 1.36. The molecule has 1 amide bonds. The minimum absolute atomic E-state index is 0.00647. The zero-order valence-electron chi connectivity index (χ0n) is 25.5. The van der Waals surface area contributed by atoms with Crippen molar-refractivity contribution in [3.8, 4) is 0 Å². The van der Waals surface area contributed by atoms with E-state index in [4.69, 9.17) is 9.97 Å². The highest BCUT2D eigenvalue weighted by atomic mass is 19.4. The number of hydrogen-bond acceptors (Lipinski definition) is 8. The van der Waals surface area contributed by atoms with Crippen molar-refractivity contribution in [2.45, 2.75) is 69.0 Å². The fraction of sp³-hybridized carbons (Fsp3) is 0.455. The molecular weight excluding hydrogens is 599 g/mol. The summed E-state index contributed by atoms with van der Waals surface area (Å²) in [4.78, 5) is 29.3. The SMILES string of the molecule is CCCN(C(=O)C(F)(F)F)[C@H]1C[C@@H](n2cnc3c(NCC(c4ccccc4)c4ccccc4)nc(N4CCCC4)nc32)[C@H](O)[C@@H]1O. The van der Waals surface area contributed by atoms with E-state index >= 15 is 0 Å². The summed E-state index contributed by atoms with van der Waals surface area (Å²) in [5.41, 5.74) is 3.06. The zero-order chi connectivity index (χ0) is 32.4. The first-order valence-electron chi connectivity index (χ1n) is 15.7. The highest BCUT2D eigenvalue weighted by Gasteiger charge is 2.51. The molecule has 1 aliphatic carbocycles. The first kappa shape index (κ1) is 31.7. The summed E-state index contributed by atoms with van der Waals surface area (Å²) in [5, 5.41) is 25.6. The average molecular weight is 638 g/mol. The van der Waals surface area contributed by atoms with Crippen LogP contribution in [0.5, 0.6) is 0 Å². The third-order valence-electron chi connectivity index (χ3n) is 9.02. The number of fused-ring (bicyclic) bond motifs is 1. The molecule has 46 heavy (non-hydrogen) atoms. The molecule has 3 heterocycles. The van der Waals surface area contributed by atoms with Crippen LogP contribution in [-0.4, -0.2) is 91.1 Å². The molecule has 13 heteroatoms. The summed E-state index contributed by atoms with van der Waals surface area (Å²) in [7, 11) is 0. The first-order valence-corrected chi connectivity index (χ1v) is 15.7. The lowest BCUT2D eigenvalue weighted by Gasteiger charge is -2.31. The van der Waals surface area contributed by atoms with Crippen LogP contribution >= 0.6 is 0 Å². The number of alkyl halides is 3. The van der Waals surface area contributed by atoms with E-state index in [2.05, 4.69) is 39.5 Å². The minimum atomic E-state index is -5.10.